The quantitative estimate of drug-likeness (QED) is 0.492. The third kappa shape index (κ3) is 4.59. The minimum Gasteiger partial charge on any atom is -0.449 e. The number of hydrogen-bond acceptors (Lipinski definition) is 5. The summed E-state index contributed by atoms with van der Waals surface area (Å²) in [6, 6.07) is 4.09. The van der Waals surface area contributed by atoms with Gasteiger partial charge in [-0.3, -0.25) is 14.9 Å². The summed E-state index contributed by atoms with van der Waals surface area (Å²) in [6.07, 6.45) is 2.24. The van der Waals surface area contributed by atoms with Gasteiger partial charge in [-0.2, -0.15) is 0 Å². The Bertz CT molecular complexity index is 703. The van der Waals surface area contributed by atoms with Crippen LogP contribution in [0.4, 0.5) is 5.69 Å². The van der Waals surface area contributed by atoms with Crippen LogP contribution in [0.2, 0.25) is 0 Å². The maximum atomic E-state index is 12.4. The molecule has 142 valence electrons. The van der Waals surface area contributed by atoms with Crippen LogP contribution in [0.25, 0.3) is 0 Å². The predicted molar refractivity (Wildman–Crippen MR) is 96.8 cm³/mol. The van der Waals surface area contributed by atoms with E-state index in [9.17, 15) is 19.7 Å². The minimum atomic E-state index is -0.928. The molecule has 1 aliphatic rings. The number of benzene rings is 1. The molecule has 1 fully saturated rings. The van der Waals surface area contributed by atoms with Gasteiger partial charge in [0, 0.05) is 17.7 Å². The summed E-state index contributed by atoms with van der Waals surface area (Å²) < 4.78 is 5.24. The van der Waals surface area contributed by atoms with Gasteiger partial charge in [-0.1, -0.05) is 26.7 Å². The molecule has 1 aliphatic carbocycles. The van der Waals surface area contributed by atoms with Gasteiger partial charge in [-0.05, 0) is 44.2 Å². The molecule has 0 spiro atoms. The third-order valence-electron chi connectivity index (χ3n) is 5.32. The molecule has 0 heterocycles. The summed E-state index contributed by atoms with van der Waals surface area (Å²) in [4.78, 5) is 34.9. The highest BCUT2D eigenvalue weighted by Crippen LogP contribution is 2.29. The number of esters is 1. The zero-order valence-corrected chi connectivity index (χ0v) is 15.7. The van der Waals surface area contributed by atoms with Crippen molar-refractivity contribution in [2.45, 2.75) is 59.1 Å². The lowest BCUT2D eigenvalue weighted by atomic mass is 9.78. The summed E-state index contributed by atoms with van der Waals surface area (Å²) >= 11 is 0. The molecule has 0 aliphatic heterocycles. The van der Waals surface area contributed by atoms with Crippen LogP contribution < -0.4 is 5.32 Å². The molecule has 0 bridgehead atoms. The highest BCUT2D eigenvalue weighted by molar-refractivity contribution is 5.92. The fraction of sp³-hybridized carbons (Fsp3) is 0.579. The Balaban J connectivity index is 1.96. The van der Waals surface area contributed by atoms with Crippen LogP contribution in [0.3, 0.4) is 0 Å². The van der Waals surface area contributed by atoms with Crippen LogP contribution in [0.1, 0.15) is 56.0 Å². The Kier molecular flexibility index (Phi) is 6.34. The number of nitro groups is 1. The first kappa shape index (κ1) is 19.9. The van der Waals surface area contributed by atoms with E-state index in [2.05, 4.69) is 19.2 Å². The van der Waals surface area contributed by atoms with E-state index in [0.29, 0.717) is 17.4 Å². The van der Waals surface area contributed by atoms with Gasteiger partial charge in [0.05, 0.1) is 10.5 Å². The van der Waals surface area contributed by atoms with Crippen molar-refractivity contribution in [3.05, 3.63) is 39.4 Å². The van der Waals surface area contributed by atoms with Crippen LogP contribution in [-0.2, 0) is 9.53 Å². The molecule has 7 nitrogen and oxygen atoms in total. The minimum absolute atomic E-state index is 0.0623. The molecule has 1 saturated carbocycles. The molecule has 0 saturated heterocycles. The van der Waals surface area contributed by atoms with Crippen molar-refractivity contribution in [3.8, 4) is 0 Å². The molecule has 0 radical (unpaired) electrons. The van der Waals surface area contributed by atoms with Gasteiger partial charge in [0.2, 0.25) is 0 Å². The van der Waals surface area contributed by atoms with E-state index in [1.54, 1.807) is 6.92 Å². The number of rotatable bonds is 5. The fourth-order valence-electron chi connectivity index (χ4n) is 3.36. The van der Waals surface area contributed by atoms with Crippen LogP contribution in [0, 0.1) is 28.9 Å². The topological polar surface area (TPSA) is 98.5 Å². The normalized spacial score (nSPS) is 23.8. The van der Waals surface area contributed by atoms with E-state index in [0.717, 1.165) is 19.3 Å². The van der Waals surface area contributed by atoms with Gasteiger partial charge < -0.3 is 10.1 Å². The van der Waals surface area contributed by atoms with Crippen molar-refractivity contribution in [1.82, 2.24) is 5.32 Å². The highest BCUT2D eigenvalue weighted by Gasteiger charge is 2.30. The van der Waals surface area contributed by atoms with Gasteiger partial charge in [-0.15, -0.1) is 0 Å². The van der Waals surface area contributed by atoms with Gasteiger partial charge in [0.1, 0.15) is 0 Å². The molecular formula is C19H26N2O5. The van der Waals surface area contributed by atoms with Crippen LogP contribution in [0.5, 0.6) is 0 Å². The number of carbonyl (C=O) groups is 2. The third-order valence-corrected chi connectivity index (χ3v) is 5.32. The van der Waals surface area contributed by atoms with E-state index < -0.39 is 17.0 Å². The van der Waals surface area contributed by atoms with Crippen molar-refractivity contribution in [2.75, 3.05) is 0 Å². The number of carbonyl (C=O) groups excluding carboxylic acids is 2. The second-order valence-corrected chi connectivity index (χ2v) is 7.19. The van der Waals surface area contributed by atoms with Gasteiger partial charge >= 0.3 is 5.97 Å². The summed E-state index contributed by atoms with van der Waals surface area (Å²) in [7, 11) is 0. The maximum absolute atomic E-state index is 12.4. The lowest BCUT2D eigenvalue weighted by Gasteiger charge is -2.35. The van der Waals surface area contributed by atoms with Gasteiger partial charge in [0.15, 0.2) is 6.10 Å². The predicted octanol–water partition coefficient (Wildman–Crippen LogP) is 3.39. The number of ether oxygens (including phenoxy) is 1. The number of nitro benzene ring substituents is 1. The lowest BCUT2D eigenvalue weighted by molar-refractivity contribution is -0.385. The van der Waals surface area contributed by atoms with Crippen molar-refractivity contribution >= 4 is 17.6 Å². The fourth-order valence-corrected chi connectivity index (χ4v) is 3.36. The molecule has 7 heteroatoms. The molecule has 1 N–H and O–H groups in total. The zero-order valence-electron chi connectivity index (χ0n) is 15.7. The Labute approximate surface area is 153 Å². The van der Waals surface area contributed by atoms with Gasteiger partial charge in [-0.25, -0.2) is 4.79 Å². The van der Waals surface area contributed by atoms with Crippen LogP contribution in [0.15, 0.2) is 18.2 Å². The van der Waals surface area contributed by atoms with Gasteiger partial charge in [0.25, 0.3) is 11.6 Å². The Hall–Kier alpha value is -2.44. The van der Waals surface area contributed by atoms with Crippen LogP contribution in [-0.4, -0.2) is 28.9 Å². The lowest BCUT2D eigenvalue weighted by Crippen LogP contribution is -2.47. The molecule has 1 aromatic rings. The van der Waals surface area contributed by atoms with E-state index in [-0.39, 0.29) is 23.2 Å². The summed E-state index contributed by atoms with van der Waals surface area (Å²) in [5.41, 5.74) is 0.492. The van der Waals surface area contributed by atoms with E-state index >= 15 is 0 Å². The molecule has 1 aromatic carbocycles. The number of nitrogens with zero attached hydrogens (tertiary/aromatic N) is 1. The van der Waals surface area contributed by atoms with Crippen molar-refractivity contribution in [2.24, 2.45) is 11.8 Å². The second kappa shape index (κ2) is 8.29. The molecule has 1 amide bonds. The maximum Gasteiger partial charge on any atom is 0.338 e. The Morgan fingerprint density at radius 3 is 2.62 bits per heavy atom. The van der Waals surface area contributed by atoms with Crippen molar-refractivity contribution in [1.29, 1.82) is 0 Å². The first-order valence-corrected chi connectivity index (χ1v) is 8.97. The second-order valence-electron chi connectivity index (χ2n) is 7.19. The average Bonchev–Trinajstić information content (AvgIpc) is 2.58. The monoisotopic (exact) mass is 362 g/mol. The standard InChI is InChI=1S/C19H26N2O5/c1-11-6-5-7-16(13(11)3)20-18(22)14(4)26-19(23)15-8-9-17(21(24)25)12(2)10-15/h8-11,13-14,16H,5-7H2,1-4H3,(H,20,22)/t11-,13-,14+,16+/m0/s1. The van der Waals surface area contributed by atoms with E-state index in [4.69, 9.17) is 4.74 Å². The zero-order chi connectivity index (χ0) is 19.4. The summed E-state index contributed by atoms with van der Waals surface area (Å²) in [5, 5.41) is 13.8. The Morgan fingerprint density at radius 1 is 1.31 bits per heavy atom. The average molecular weight is 362 g/mol. The Morgan fingerprint density at radius 2 is 2.00 bits per heavy atom. The number of nitrogens with one attached hydrogen (secondary N) is 1. The van der Waals surface area contributed by atoms with Crippen molar-refractivity contribution in [3.63, 3.8) is 0 Å². The molecular weight excluding hydrogens is 336 g/mol. The molecule has 4 atom stereocenters. The van der Waals surface area contributed by atoms with E-state index in [1.165, 1.54) is 25.1 Å². The van der Waals surface area contributed by atoms with Crippen LogP contribution >= 0.6 is 0 Å². The smallest absolute Gasteiger partial charge is 0.338 e. The van der Waals surface area contributed by atoms with E-state index in [1.807, 2.05) is 0 Å². The summed E-state index contributed by atoms with van der Waals surface area (Å²) in [6.45, 7) is 7.40. The molecule has 0 unspecified atom stereocenters. The number of hydrogen-bond donors (Lipinski definition) is 1. The highest BCUT2D eigenvalue weighted by atomic mass is 16.6. The summed E-state index contributed by atoms with van der Waals surface area (Å²) in [5.74, 6) is -0.0541. The first-order chi connectivity index (χ1) is 12.2. The SMILES string of the molecule is Cc1cc(C(=O)O[C@H](C)C(=O)N[C@@H]2CCC[C@H](C)[C@@H]2C)ccc1[N+](=O)[O-]. The largest absolute Gasteiger partial charge is 0.449 e. The first-order valence-electron chi connectivity index (χ1n) is 8.97. The number of amides is 1. The number of aryl methyl sites for hydroxylation is 1. The van der Waals surface area contributed by atoms with Crippen molar-refractivity contribution < 1.29 is 19.2 Å². The molecule has 2 rings (SSSR count). The molecule has 26 heavy (non-hydrogen) atoms. The molecule has 0 aromatic heterocycles.